The molecule has 0 aromatic heterocycles. The van der Waals surface area contributed by atoms with Crippen LogP contribution in [0.2, 0.25) is 0 Å². The monoisotopic (exact) mass is 276 g/mol. The first-order chi connectivity index (χ1) is 10.1. The van der Waals surface area contributed by atoms with Gasteiger partial charge in [0, 0.05) is 23.0 Å². The highest BCUT2D eigenvalue weighted by molar-refractivity contribution is 6.13. The Labute approximate surface area is 123 Å². The standard InChI is InChI=1S/C19H16O2/c1-10-3-5-12-14(7-10)18(20)17-9-16(12)19(21)15-8-11(2)4-6-13(15)17/h3-8,16-17H,9H2,1-2H3. The van der Waals surface area contributed by atoms with Crippen LogP contribution in [0.5, 0.6) is 0 Å². The topological polar surface area (TPSA) is 34.1 Å². The molecule has 2 heteroatoms. The fourth-order valence-electron chi connectivity index (χ4n) is 3.74. The molecule has 0 aliphatic heterocycles. The molecule has 21 heavy (non-hydrogen) atoms. The van der Waals surface area contributed by atoms with Gasteiger partial charge in [-0.25, -0.2) is 0 Å². The normalized spacial score (nSPS) is 22.8. The van der Waals surface area contributed by atoms with Crippen LogP contribution in [0.4, 0.5) is 0 Å². The highest BCUT2D eigenvalue weighted by Crippen LogP contribution is 2.47. The Balaban J connectivity index is 1.98. The van der Waals surface area contributed by atoms with Crippen molar-refractivity contribution in [1.29, 1.82) is 0 Å². The maximum absolute atomic E-state index is 12.8. The Morgan fingerprint density at radius 3 is 1.62 bits per heavy atom. The van der Waals surface area contributed by atoms with E-state index in [0.29, 0.717) is 6.42 Å². The molecule has 2 aliphatic carbocycles. The quantitative estimate of drug-likeness (QED) is 0.730. The van der Waals surface area contributed by atoms with Crippen molar-refractivity contribution in [3.05, 3.63) is 69.8 Å². The van der Waals surface area contributed by atoms with Crippen LogP contribution in [-0.2, 0) is 0 Å². The zero-order valence-corrected chi connectivity index (χ0v) is 12.1. The van der Waals surface area contributed by atoms with E-state index in [-0.39, 0.29) is 23.4 Å². The first kappa shape index (κ1) is 12.5. The van der Waals surface area contributed by atoms with Crippen molar-refractivity contribution in [2.75, 3.05) is 0 Å². The molecule has 4 rings (SSSR count). The second-order valence-corrected chi connectivity index (χ2v) is 6.25. The van der Waals surface area contributed by atoms with Gasteiger partial charge in [-0.2, -0.15) is 0 Å². The van der Waals surface area contributed by atoms with Gasteiger partial charge in [0.1, 0.15) is 0 Å². The Morgan fingerprint density at radius 2 is 1.19 bits per heavy atom. The number of aryl methyl sites for hydroxylation is 2. The number of rotatable bonds is 0. The highest BCUT2D eigenvalue weighted by atomic mass is 16.1. The van der Waals surface area contributed by atoms with Gasteiger partial charge in [-0.15, -0.1) is 0 Å². The summed E-state index contributed by atoms with van der Waals surface area (Å²) in [5.74, 6) is 0.0281. The maximum atomic E-state index is 12.8. The lowest BCUT2D eigenvalue weighted by Gasteiger charge is -2.35. The predicted octanol–water partition coefficient (Wildman–Crippen LogP) is 3.95. The van der Waals surface area contributed by atoms with E-state index in [4.69, 9.17) is 0 Å². The molecule has 2 aliphatic rings. The molecule has 0 saturated heterocycles. The zero-order valence-electron chi connectivity index (χ0n) is 12.1. The van der Waals surface area contributed by atoms with Crippen LogP contribution in [-0.4, -0.2) is 11.6 Å². The summed E-state index contributed by atoms with van der Waals surface area (Å²) in [6.07, 6.45) is 0.629. The maximum Gasteiger partial charge on any atom is 0.170 e. The van der Waals surface area contributed by atoms with E-state index in [2.05, 4.69) is 0 Å². The number of carbonyl (C=O) groups excluding carboxylic acids is 2. The highest BCUT2D eigenvalue weighted by Gasteiger charge is 2.43. The van der Waals surface area contributed by atoms with Gasteiger partial charge in [0.15, 0.2) is 11.6 Å². The Bertz CT molecular complexity index is 734. The van der Waals surface area contributed by atoms with Crippen molar-refractivity contribution in [3.63, 3.8) is 0 Å². The minimum Gasteiger partial charge on any atom is -0.293 e. The fourth-order valence-corrected chi connectivity index (χ4v) is 3.74. The summed E-state index contributed by atoms with van der Waals surface area (Å²) in [6.45, 7) is 3.97. The molecular weight excluding hydrogens is 260 g/mol. The summed E-state index contributed by atoms with van der Waals surface area (Å²) in [5, 5.41) is 0. The number of benzene rings is 2. The molecule has 2 nitrogen and oxygen atoms in total. The molecule has 2 bridgehead atoms. The number of Topliss-reactive ketones (excluding diaryl/α,β-unsaturated/α-hetero) is 2. The summed E-state index contributed by atoms with van der Waals surface area (Å²) < 4.78 is 0. The van der Waals surface area contributed by atoms with Crippen LogP contribution >= 0.6 is 0 Å². The number of ketones is 2. The molecule has 2 unspecified atom stereocenters. The molecule has 0 amide bonds. The average molecular weight is 276 g/mol. The second kappa shape index (κ2) is 4.14. The third-order valence-corrected chi connectivity index (χ3v) is 4.80. The van der Waals surface area contributed by atoms with Gasteiger partial charge >= 0.3 is 0 Å². The van der Waals surface area contributed by atoms with Gasteiger partial charge in [-0.3, -0.25) is 9.59 Å². The van der Waals surface area contributed by atoms with Crippen molar-refractivity contribution in [3.8, 4) is 0 Å². The molecule has 0 heterocycles. The number of fused-ring (bicyclic) bond motifs is 6. The molecule has 2 aromatic rings. The van der Waals surface area contributed by atoms with Crippen LogP contribution in [0.25, 0.3) is 0 Å². The molecule has 104 valence electrons. The van der Waals surface area contributed by atoms with Gasteiger partial charge in [-0.1, -0.05) is 35.4 Å². The third kappa shape index (κ3) is 1.65. The van der Waals surface area contributed by atoms with E-state index in [1.54, 1.807) is 0 Å². The number of hydrogen-bond acceptors (Lipinski definition) is 2. The summed E-state index contributed by atoms with van der Waals surface area (Å²) in [6, 6.07) is 11.8. The van der Waals surface area contributed by atoms with E-state index < -0.39 is 0 Å². The molecular formula is C19H16O2. The van der Waals surface area contributed by atoms with E-state index >= 15 is 0 Å². The fraction of sp³-hybridized carbons (Fsp3) is 0.263. The molecule has 0 N–H and O–H groups in total. The molecule has 0 spiro atoms. The molecule has 0 radical (unpaired) electrons. The SMILES string of the molecule is Cc1ccc2c(c1)C(=O)C1CC2C(=O)c2cc(C)ccc21. The first-order valence-corrected chi connectivity index (χ1v) is 7.36. The Kier molecular flexibility index (Phi) is 2.47. The van der Waals surface area contributed by atoms with Crippen LogP contribution in [0.3, 0.4) is 0 Å². The minimum absolute atomic E-state index is 0.155. The van der Waals surface area contributed by atoms with E-state index in [1.165, 1.54) is 0 Å². The van der Waals surface area contributed by atoms with Crippen molar-refractivity contribution < 1.29 is 9.59 Å². The van der Waals surface area contributed by atoms with Crippen LogP contribution in [0, 0.1) is 13.8 Å². The molecule has 0 saturated carbocycles. The summed E-state index contributed by atoms with van der Waals surface area (Å²) in [4.78, 5) is 25.6. The molecule has 2 atom stereocenters. The first-order valence-electron chi connectivity index (χ1n) is 7.36. The van der Waals surface area contributed by atoms with E-state index in [0.717, 1.165) is 33.4 Å². The van der Waals surface area contributed by atoms with Crippen LogP contribution < -0.4 is 0 Å². The van der Waals surface area contributed by atoms with Gasteiger partial charge in [0.05, 0.1) is 0 Å². The van der Waals surface area contributed by atoms with Gasteiger partial charge in [0.25, 0.3) is 0 Å². The van der Waals surface area contributed by atoms with Crippen molar-refractivity contribution in [2.45, 2.75) is 32.1 Å². The minimum atomic E-state index is -0.155. The molecule has 2 aromatic carbocycles. The number of carbonyl (C=O) groups is 2. The summed E-state index contributed by atoms with van der Waals surface area (Å²) in [7, 11) is 0. The van der Waals surface area contributed by atoms with Gasteiger partial charge < -0.3 is 0 Å². The second-order valence-electron chi connectivity index (χ2n) is 6.25. The lowest BCUT2D eigenvalue weighted by atomic mass is 9.65. The average Bonchev–Trinajstić information content (AvgIpc) is 2.47. The Hall–Kier alpha value is -2.22. The third-order valence-electron chi connectivity index (χ3n) is 4.80. The van der Waals surface area contributed by atoms with Gasteiger partial charge in [-0.05, 0) is 43.5 Å². The van der Waals surface area contributed by atoms with Gasteiger partial charge in [0.2, 0.25) is 0 Å². The van der Waals surface area contributed by atoms with Crippen molar-refractivity contribution in [1.82, 2.24) is 0 Å². The molecule has 0 fully saturated rings. The lowest BCUT2D eigenvalue weighted by molar-refractivity contribution is 0.0875. The smallest absolute Gasteiger partial charge is 0.170 e. The van der Waals surface area contributed by atoms with E-state index in [1.807, 2.05) is 50.2 Å². The van der Waals surface area contributed by atoms with Crippen molar-refractivity contribution >= 4 is 11.6 Å². The predicted molar refractivity (Wildman–Crippen MR) is 81.1 cm³/mol. The van der Waals surface area contributed by atoms with Crippen LogP contribution in [0.1, 0.15) is 61.2 Å². The Morgan fingerprint density at radius 1 is 0.762 bits per heavy atom. The number of hydrogen-bond donors (Lipinski definition) is 0. The lowest BCUT2D eigenvalue weighted by Crippen LogP contribution is -2.34. The summed E-state index contributed by atoms with van der Waals surface area (Å²) in [5.41, 5.74) is 5.46. The largest absolute Gasteiger partial charge is 0.293 e. The van der Waals surface area contributed by atoms with E-state index in [9.17, 15) is 9.59 Å². The van der Waals surface area contributed by atoms with Crippen LogP contribution in [0.15, 0.2) is 36.4 Å². The summed E-state index contributed by atoms with van der Waals surface area (Å²) >= 11 is 0. The van der Waals surface area contributed by atoms with Crippen molar-refractivity contribution in [2.24, 2.45) is 0 Å². The zero-order chi connectivity index (χ0) is 14.7.